The van der Waals surface area contributed by atoms with Crippen LogP contribution in [0.1, 0.15) is 33.1 Å². The topological polar surface area (TPSA) is 134 Å². The second kappa shape index (κ2) is 11.4. The molecule has 9 heteroatoms. The first-order valence-electron chi connectivity index (χ1n) is 11.3. The molecule has 0 aliphatic carbocycles. The van der Waals surface area contributed by atoms with Gasteiger partial charge in [0.25, 0.3) is 5.91 Å². The van der Waals surface area contributed by atoms with Gasteiger partial charge in [-0.25, -0.2) is 5.43 Å². The van der Waals surface area contributed by atoms with E-state index in [1.807, 2.05) is 30.3 Å². The van der Waals surface area contributed by atoms with Crippen LogP contribution in [-0.4, -0.2) is 29.0 Å². The molecule has 37 heavy (non-hydrogen) atoms. The number of hydrogen-bond donors (Lipinski definition) is 4. The Morgan fingerprint density at radius 2 is 1.65 bits per heavy atom. The first-order chi connectivity index (χ1) is 17.8. The lowest BCUT2D eigenvalue weighted by Crippen LogP contribution is -2.38. The molecule has 0 heterocycles. The van der Waals surface area contributed by atoms with Gasteiger partial charge in [-0.2, -0.15) is 5.10 Å². The molecule has 0 saturated heterocycles. The van der Waals surface area contributed by atoms with E-state index in [9.17, 15) is 19.5 Å². The molecule has 0 saturated carbocycles. The second-order valence-electron chi connectivity index (χ2n) is 8.22. The molecule has 0 bridgehead atoms. The third-order valence-corrected chi connectivity index (χ3v) is 6.00. The Labute approximate surface area is 217 Å². The van der Waals surface area contributed by atoms with Gasteiger partial charge in [-0.15, -0.1) is 0 Å². The van der Waals surface area contributed by atoms with Crippen LogP contribution in [0, 0.1) is 0 Å². The minimum atomic E-state index is -0.932. The maximum absolute atomic E-state index is 12.8. The average molecular weight is 515 g/mol. The van der Waals surface area contributed by atoms with Crippen molar-refractivity contribution in [1.29, 1.82) is 0 Å². The number of fused-ring (bicyclic) bond motifs is 1. The molecule has 5 N–H and O–H groups in total. The molecule has 0 aromatic heterocycles. The third kappa shape index (κ3) is 6.12. The van der Waals surface area contributed by atoms with Crippen LogP contribution in [0.4, 0.5) is 0 Å². The number of carbonyl (C=O) groups is 3. The third-order valence-electron chi connectivity index (χ3n) is 5.70. The van der Waals surface area contributed by atoms with E-state index in [0.717, 1.165) is 21.9 Å². The number of nitrogens with two attached hydrogens (primary N) is 1. The van der Waals surface area contributed by atoms with Gasteiger partial charge in [-0.05, 0) is 40.1 Å². The Bertz CT molecular complexity index is 1510. The molecule has 4 aromatic rings. The summed E-state index contributed by atoms with van der Waals surface area (Å²) in [6.07, 6.45) is 1.54. The number of rotatable bonds is 8. The quantitative estimate of drug-likeness (QED) is 0.210. The summed E-state index contributed by atoms with van der Waals surface area (Å²) >= 11 is 5.86. The highest BCUT2D eigenvalue weighted by atomic mass is 35.5. The van der Waals surface area contributed by atoms with E-state index in [1.54, 1.807) is 36.4 Å². The van der Waals surface area contributed by atoms with Gasteiger partial charge in [0, 0.05) is 11.1 Å². The summed E-state index contributed by atoms with van der Waals surface area (Å²) < 4.78 is 0. The molecule has 8 nitrogen and oxygen atoms in total. The average Bonchev–Trinajstić information content (AvgIpc) is 2.90. The largest absolute Gasteiger partial charge is 0.506 e. The molecule has 1 unspecified atom stereocenters. The van der Waals surface area contributed by atoms with E-state index in [4.69, 9.17) is 17.3 Å². The number of hydrogen-bond acceptors (Lipinski definition) is 5. The van der Waals surface area contributed by atoms with E-state index in [0.29, 0.717) is 5.56 Å². The summed E-state index contributed by atoms with van der Waals surface area (Å²) in [5.74, 6) is -1.60. The Morgan fingerprint density at radius 3 is 2.35 bits per heavy atom. The molecular formula is C28H23ClN4O4. The second-order valence-corrected chi connectivity index (χ2v) is 8.62. The zero-order chi connectivity index (χ0) is 26.4. The lowest BCUT2D eigenvalue weighted by molar-refractivity contribution is -0.127. The van der Waals surface area contributed by atoms with Gasteiger partial charge < -0.3 is 16.2 Å². The van der Waals surface area contributed by atoms with Crippen molar-refractivity contribution >= 4 is 46.3 Å². The van der Waals surface area contributed by atoms with Crippen molar-refractivity contribution in [2.75, 3.05) is 0 Å². The summed E-state index contributed by atoms with van der Waals surface area (Å²) in [7, 11) is 0. The number of primary amides is 1. The first-order valence-corrected chi connectivity index (χ1v) is 11.7. The van der Waals surface area contributed by atoms with Gasteiger partial charge in [0.05, 0.1) is 17.7 Å². The maximum Gasteiger partial charge on any atom is 0.271 e. The number of hydrazone groups is 1. The number of halogens is 1. The number of amides is 3. The van der Waals surface area contributed by atoms with Crippen LogP contribution in [0.2, 0.25) is 5.02 Å². The molecule has 4 aromatic carbocycles. The summed E-state index contributed by atoms with van der Waals surface area (Å²) in [5.41, 5.74) is 10.3. The number of nitrogens with one attached hydrogen (secondary N) is 2. The standard InChI is InChI=1S/C28H23ClN4O4/c29-23-14-19(12-13-24(23)34)28(37)33-31-16-20-11-10-18(21-8-4-5-9-22(20)21)15-25(35)32-26(27(30)36)17-6-2-1-3-7-17/h1-14,16,26,34H,15H2,(H2,30,36)(H,32,35)(H,33,37)/b31-16+. The summed E-state index contributed by atoms with van der Waals surface area (Å²) in [6, 6.07) is 23.1. The van der Waals surface area contributed by atoms with E-state index >= 15 is 0 Å². The van der Waals surface area contributed by atoms with Crippen LogP contribution in [0.3, 0.4) is 0 Å². The number of benzene rings is 4. The van der Waals surface area contributed by atoms with Crippen molar-refractivity contribution in [3.63, 3.8) is 0 Å². The van der Waals surface area contributed by atoms with Crippen LogP contribution >= 0.6 is 11.6 Å². The Balaban J connectivity index is 1.50. The number of carbonyl (C=O) groups excluding carboxylic acids is 3. The lowest BCUT2D eigenvalue weighted by atomic mass is 9.97. The molecular weight excluding hydrogens is 492 g/mol. The predicted octanol–water partition coefficient (Wildman–Crippen LogP) is 3.85. The van der Waals surface area contributed by atoms with E-state index in [2.05, 4.69) is 15.8 Å². The van der Waals surface area contributed by atoms with Crippen molar-refractivity contribution in [2.45, 2.75) is 12.5 Å². The predicted molar refractivity (Wildman–Crippen MR) is 142 cm³/mol. The number of aromatic hydroxyl groups is 1. The zero-order valence-electron chi connectivity index (χ0n) is 19.5. The van der Waals surface area contributed by atoms with Crippen molar-refractivity contribution in [3.05, 3.63) is 112 Å². The van der Waals surface area contributed by atoms with Crippen LogP contribution in [0.15, 0.2) is 90.0 Å². The SMILES string of the molecule is NC(=O)C(NC(=O)Cc1ccc(/C=N/NC(=O)c2ccc(O)c(Cl)c2)c2ccccc12)c1ccccc1. The Hall–Kier alpha value is -4.69. The first kappa shape index (κ1) is 25.4. The van der Waals surface area contributed by atoms with Gasteiger partial charge in [0.15, 0.2) is 0 Å². The number of phenols is 1. The molecule has 0 spiro atoms. The minimum Gasteiger partial charge on any atom is -0.506 e. The minimum absolute atomic E-state index is 0.0346. The van der Waals surface area contributed by atoms with Gasteiger partial charge in [-0.1, -0.05) is 78.3 Å². The molecule has 0 aliphatic rings. The monoisotopic (exact) mass is 514 g/mol. The molecule has 0 aliphatic heterocycles. The summed E-state index contributed by atoms with van der Waals surface area (Å²) in [6.45, 7) is 0. The highest BCUT2D eigenvalue weighted by molar-refractivity contribution is 6.32. The van der Waals surface area contributed by atoms with Crippen LogP contribution < -0.4 is 16.5 Å². The van der Waals surface area contributed by atoms with Gasteiger partial charge in [-0.3, -0.25) is 14.4 Å². The van der Waals surface area contributed by atoms with Gasteiger partial charge >= 0.3 is 0 Å². The normalized spacial score (nSPS) is 11.8. The van der Waals surface area contributed by atoms with E-state index < -0.39 is 17.9 Å². The molecule has 1 atom stereocenters. The Kier molecular flexibility index (Phi) is 7.80. The maximum atomic E-state index is 12.8. The molecule has 0 radical (unpaired) electrons. The molecule has 186 valence electrons. The molecule has 0 fully saturated rings. The van der Waals surface area contributed by atoms with E-state index in [-0.39, 0.29) is 28.7 Å². The molecule has 4 rings (SSSR count). The van der Waals surface area contributed by atoms with Crippen molar-refractivity contribution in [3.8, 4) is 5.75 Å². The van der Waals surface area contributed by atoms with Crippen LogP contribution in [0.5, 0.6) is 5.75 Å². The fraction of sp³-hybridized carbons (Fsp3) is 0.0714. The van der Waals surface area contributed by atoms with E-state index in [1.165, 1.54) is 24.4 Å². The number of nitrogens with zero attached hydrogens (tertiary/aromatic N) is 1. The van der Waals surface area contributed by atoms with Crippen LogP contribution in [-0.2, 0) is 16.0 Å². The molecule has 3 amide bonds. The fourth-order valence-electron chi connectivity index (χ4n) is 3.87. The van der Waals surface area contributed by atoms with Crippen molar-refractivity contribution in [2.24, 2.45) is 10.8 Å². The van der Waals surface area contributed by atoms with Crippen LogP contribution in [0.25, 0.3) is 10.8 Å². The smallest absolute Gasteiger partial charge is 0.271 e. The summed E-state index contributed by atoms with van der Waals surface area (Å²) in [4.78, 5) is 37.1. The zero-order valence-corrected chi connectivity index (χ0v) is 20.3. The fourth-order valence-corrected chi connectivity index (χ4v) is 4.05. The van der Waals surface area contributed by atoms with Gasteiger partial charge in [0.2, 0.25) is 11.8 Å². The van der Waals surface area contributed by atoms with Gasteiger partial charge in [0.1, 0.15) is 11.8 Å². The highest BCUT2D eigenvalue weighted by Crippen LogP contribution is 2.24. The summed E-state index contributed by atoms with van der Waals surface area (Å²) in [5, 5.41) is 18.0. The number of phenolic OH excluding ortho intramolecular Hbond substituents is 1. The highest BCUT2D eigenvalue weighted by Gasteiger charge is 2.20. The lowest BCUT2D eigenvalue weighted by Gasteiger charge is -2.16. The van der Waals surface area contributed by atoms with Crippen molar-refractivity contribution in [1.82, 2.24) is 10.7 Å². The van der Waals surface area contributed by atoms with Crippen molar-refractivity contribution < 1.29 is 19.5 Å². The Morgan fingerprint density at radius 1 is 0.946 bits per heavy atom.